The summed E-state index contributed by atoms with van der Waals surface area (Å²) in [5, 5.41) is 9.20. The summed E-state index contributed by atoms with van der Waals surface area (Å²) in [5.41, 5.74) is 1.47. The van der Waals surface area contributed by atoms with Crippen LogP contribution in [0.4, 0.5) is 4.39 Å². The Hall–Kier alpha value is -1.92. The van der Waals surface area contributed by atoms with E-state index in [9.17, 15) is 14.4 Å². The van der Waals surface area contributed by atoms with E-state index in [-0.39, 0.29) is 23.9 Å². The summed E-state index contributed by atoms with van der Waals surface area (Å²) in [6.07, 6.45) is 1.53. The van der Waals surface area contributed by atoms with Gasteiger partial charge in [-0.2, -0.15) is 5.26 Å². The summed E-state index contributed by atoms with van der Waals surface area (Å²) in [6, 6.07) is 11.7. The second kappa shape index (κ2) is 9.14. The normalized spacial score (nSPS) is 11.0. The number of halogens is 3. The largest absolute Gasteiger partial charge is 0.487 e. The molecule has 2 rings (SSSR count). The first kappa shape index (κ1) is 20.4. The van der Waals surface area contributed by atoms with Crippen LogP contribution in [0.15, 0.2) is 46.4 Å². The molecule has 0 aliphatic carbocycles. The van der Waals surface area contributed by atoms with Gasteiger partial charge < -0.3 is 9.64 Å². The number of rotatable bonds is 5. The minimum Gasteiger partial charge on any atom is -0.487 e. The fraction of sp³-hybridized carbons (Fsp3) is 0.158. The van der Waals surface area contributed by atoms with E-state index in [2.05, 4.69) is 38.5 Å². The number of ether oxygens (including phenoxy) is 1. The first-order valence-corrected chi connectivity index (χ1v) is 9.38. The zero-order valence-electron chi connectivity index (χ0n) is 14.1. The van der Waals surface area contributed by atoms with Crippen molar-refractivity contribution in [3.05, 3.63) is 67.0 Å². The Morgan fingerprint density at radius 1 is 1.38 bits per heavy atom. The van der Waals surface area contributed by atoms with Crippen LogP contribution in [0, 0.1) is 20.7 Å². The lowest BCUT2D eigenvalue weighted by Gasteiger charge is -2.12. The van der Waals surface area contributed by atoms with Crippen LogP contribution in [0.25, 0.3) is 6.08 Å². The molecule has 1 amide bonds. The van der Waals surface area contributed by atoms with Crippen molar-refractivity contribution < 1.29 is 13.9 Å². The molecule has 0 spiro atoms. The van der Waals surface area contributed by atoms with Gasteiger partial charge in [0, 0.05) is 14.1 Å². The van der Waals surface area contributed by atoms with Crippen molar-refractivity contribution in [2.75, 3.05) is 14.1 Å². The first-order chi connectivity index (χ1) is 12.3. The third kappa shape index (κ3) is 5.29. The van der Waals surface area contributed by atoms with Crippen molar-refractivity contribution in [3.8, 4) is 11.8 Å². The molecule has 0 saturated carbocycles. The van der Waals surface area contributed by atoms with E-state index in [1.165, 1.54) is 23.1 Å². The molecule has 0 aliphatic rings. The maximum absolute atomic E-state index is 13.3. The van der Waals surface area contributed by atoms with Crippen LogP contribution in [0.1, 0.15) is 11.1 Å². The van der Waals surface area contributed by atoms with E-state index in [4.69, 9.17) is 4.74 Å². The molecule has 4 nitrogen and oxygen atoms in total. The average Bonchev–Trinajstić information content (AvgIpc) is 2.58. The molecular formula is C19H15BrFIN2O2. The molecule has 0 radical (unpaired) electrons. The molecule has 0 heterocycles. The molecule has 0 saturated heterocycles. The number of nitriles is 1. The summed E-state index contributed by atoms with van der Waals surface area (Å²) in [5.74, 6) is -0.0514. The van der Waals surface area contributed by atoms with Crippen molar-refractivity contribution in [3.63, 3.8) is 0 Å². The fourth-order valence-corrected chi connectivity index (χ4v) is 3.90. The van der Waals surface area contributed by atoms with Crippen LogP contribution in [0.5, 0.6) is 5.75 Å². The van der Waals surface area contributed by atoms with Crippen LogP contribution in [-0.4, -0.2) is 24.9 Å². The number of benzene rings is 2. The number of hydrogen-bond donors (Lipinski definition) is 0. The molecule has 2 aromatic carbocycles. The molecule has 2 aromatic rings. The van der Waals surface area contributed by atoms with Crippen molar-refractivity contribution in [2.24, 2.45) is 0 Å². The highest BCUT2D eigenvalue weighted by molar-refractivity contribution is 14.1. The van der Waals surface area contributed by atoms with Crippen LogP contribution < -0.4 is 4.74 Å². The summed E-state index contributed by atoms with van der Waals surface area (Å²) >= 11 is 5.57. The van der Waals surface area contributed by atoms with Gasteiger partial charge in [0.15, 0.2) is 0 Å². The zero-order valence-corrected chi connectivity index (χ0v) is 17.8. The third-order valence-electron chi connectivity index (χ3n) is 3.36. The third-order valence-corrected chi connectivity index (χ3v) is 4.75. The predicted octanol–water partition coefficient (Wildman–Crippen LogP) is 4.77. The Labute approximate surface area is 173 Å². The average molecular weight is 529 g/mol. The molecule has 0 unspecified atom stereocenters. The van der Waals surface area contributed by atoms with Gasteiger partial charge in [-0.3, -0.25) is 4.79 Å². The lowest BCUT2D eigenvalue weighted by atomic mass is 10.1. The Kier molecular flexibility index (Phi) is 7.17. The summed E-state index contributed by atoms with van der Waals surface area (Å²) in [6.45, 7) is 0.226. The van der Waals surface area contributed by atoms with Gasteiger partial charge in [-0.05, 0) is 80.0 Å². The van der Waals surface area contributed by atoms with Gasteiger partial charge in [0.1, 0.15) is 29.8 Å². The molecule has 0 aromatic heterocycles. The molecule has 0 aliphatic heterocycles. The molecule has 0 atom stereocenters. The fourth-order valence-electron chi connectivity index (χ4n) is 2.13. The highest BCUT2D eigenvalue weighted by Crippen LogP contribution is 2.33. The van der Waals surface area contributed by atoms with E-state index in [1.807, 2.05) is 12.1 Å². The van der Waals surface area contributed by atoms with Gasteiger partial charge >= 0.3 is 0 Å². The van der Waals surface area contributed by atoms with E-state index in [0.717, 1.165) is 9.13 Å². The summed E-state index contributed by atoms with van der Waals surface area (Å²) in [4.78, 5) is 13.3. The number of likely N-dealkylation sites (N-methyl/N-ethyl adjacent to an activating group) is 1. The van der Waals surface area contributed by atoms with E-state index in [0.29, 0.717) is 15.8 Å². The van der Waals surface area contributed by atoms with Crippen LogP contribution in [-0.2, 0) is 11.4 Å². The van der Waals surface area contributed by atoms with Gasteiger partial charge in [0.2, 0.25) is 0 Å². The Morgan fingerprint density at radius 3 is 2.69 bits per heavy atom. The molecule has 0 fully saturated rings. The number of carbonyl (C=O) groups excluding carboxylic acids is 1. The van der Waals surface area contributed by atoms with Crippen LogP contribution in [0.3, 0.4) is 0 Å². The number of amides is 1. The minimum atomic E-state index is -0.356. The van der Waals surface area contributed by atoms with Crippen LogP contribution >= 0.6 is 38.5 Å². The smallest absolute Gasteiger partial charge is 0.264 e. The van der Waals surface area contributed by atoms with Gasteiger partial charge in [0.05, 0.1) is 8.04 Å². The van der Waals surface area contributed by atoms with Gasteiger partial charge in [-0.1, -0.05) is 12.1 Å². The van der Waals surface area contributed by atoms with Crippen LogP contribution in [0.2, 0.25) is 0 Å². The van der Waals surface area contributed by atoms with Gasteiger partial charge in [0.25, 0.3) is 5.91 Å². The topological polar surface area (TPSA) is 53.3 Å². The lowest BCUT2D eigenvalue weighted by molar-refractivity contribution is -0.124. The van der Waals surface area contributed by atoms with Gasteiger partial charge in [-0.25, -0.2) is 4.39 Å². The van der Waals surface area contributed by atoms with Crippen molar-refractivity contribution in [2.45, 2.75) is 6.61 Å². The minimum absolute atomic E-state index is 0.0473. The second-order valence-electron chi connectivity index (χ2n) is 5.60. The Bertz CT molecular complexity index is 884. The first-order valence-electron chi connectivity index (χ1n) is 7.51. The zero-order chi connectivity index (χ0) is 19.3. The number of hydrogen-bond acceptors (Lipinski definition) is 3. The molecule has 26 heavy (non-hydrogen) atoms. The standard InChI is InChI=1S/C19H15BrFIN2O2/c1-24(2)19(25)14(10-23)6-13-8-16(20)18(17(22)9-13)26-11-12-4-3-5-15(21)7-12/h3-9H,11H2,1-2H3/b14-6-. The van der Waals surface area contributed by atoms with Crippen molar-refractivity contribution in [1.82, 2.24) is 4.90 Å². The highest BCUT2D eigenvalue weighted by Gasteiger charge is 2.13. The second-order valence-corrected chi connectivity index (χ2v) is 7.62. The van der Waals surface area contributed by atoms with E-state index < -0.39 is 0 Å². The van der Waals surface area contributed by atoms with E-state index >= 15 is 0 Å². The SMILES string of the molecule is CN(C)C(=O)/C(C#N)=C\c1cc(Br)c(OCc2cccc(F)c2)c(I)c1. The Balaban J connectivity index is 2.25. The molecule has 7 heteroatoms. The molecular weight excluding hydrogens is 514 g/mol. The highest BCUT2D eigenvalue weighted by atomic mass is 127. The van der Waals surface area contributed by atoms with Gasteiger partial charge in [-0.15, -0.1) is 0 Å². The summed E-state index contributed by atoms with van der Waals surface area (Å²) < 4.78 is 20.5. The molecule has 0 bridgehead atoms. The quantitative estimate of drug-likeness (QED) is 0.319. The number of nitrogens with zero attached hydrogens (tertiary/aromatic N) is 2. The number of carbonyl (C=O) groups is 1. The molecule has 134 valence electrons. The lowest BCUT2D eigenvalue weighted by Crippen LogP contribution is -2.22. The summed E-state index contributed by atoms with van der Waals surface area (Å²) in [7, 11) is 3.19. The van der Waals surface area contributed by atoms with Crippen molar-refractivity contribution in [1.29, 1.82) is 5.26 Å². The predicted molar refractivity (Wildman–Crippen MR) is 110 cm³/mol. The van der Waals surface area contributed by atoms with E-state index in [1.54, 1.807) is 32.3 Å². The van der Waals surface area contributed by atoms with Crippen molar-refractivity contribution >= 4 is 50.5 Å². The Morgan fingerprint density at radius 2 is 2.12 bits per heavy atom. The maximum atomic E-state index is 13.3. The molecule has 0 N–H and O–H groups in total. The monoisotopic (exact) mass is 528 g/mol. The maximum Gasteiger partial charge on any atom is 0.264 e.